The summed E-state index contributed by atoms with van der Waals surface area (Å²) in [6.45, 7) is 1.69. The van der Waals surface area contributed by atoms with Crippen LogP contribution in [0.15, 0.2) is 35.1 Å². The van der Waals surface area contributed by atoms with E-state index in [1.165, 1.54) is 4.52 Å². The van der Waals surface area contributed by atoms with E-state index in [9.17, 15) is 4.79 Å². The molecule has 3 rings (SSSR count). The highest BCUT2D eigenvalue weighted by molar-refractivity contribution is 6.33. The predicted molar refractivity (Wildman–Crippen MR) is 81.8 cm³/mol. The summed E-state index contributed by atoms with van der Waals surface area (Å²) in [5.74, 6) is 0. The number of hydrogen-bond donors (Lipinski definition) is 2. The fourth-order valence-electron chi connectivity index (χ4n) is 2.39. The van der Waals surface area contributed by atoms with E-state index in [1.54, 1.807) is 19.1 Å². The first-order valence-electron chi connectivity index (χ1n) is 6.59. The topological polar surface area (TPSA) is 70.4 Å². The van der Waals surface area contributed by atoms with Gasteiger partial charge in [0.1, 0.15) is 0 Å². The minimum atomic E-state index is -0.190. The molecule has 2 aromatic heterocycles. The third-order valence-electron chi connectivity index (χ3n) is 3.44. The van der Waals surface area contributed by atoms with E-state index >= 15 is 0 Å². The first kappa shape index (κ1) is 13.9. The molecule has 0 aliphatic rings. The van der Waals surface area contributed by atoms with E-state index in [0.717, 1.165) is 11.3 Å². The summed E-state index contributed by atoms with van der Waals surface area (Å²) in [4.78, 5) is 16.8. The van der Waals surface area contributed by atoms with E-state index in [1.807, 2.05) is 18.2 Å². The van der Waals surface area contributed by atoms with Gasteiger partial charge in [-0.25, -0.2) is 9.50 Å². The molecule has 0 saturated heterocycles. The van der Waals surface area contributed by atoms with Crippen molar-refractivity contribution in [2.45, 2.75) is 13.3 Å². The molecule has 0 saturated carbocycles. The van der Waals surface area contributed by atoms with Gasteiger partial charge in [0, 0.05) is 40.9 Å². The number of hydrogen-bond acceptors (Lipinski definition) is 3. The highest BCUT2D eigenvalue weighted by Crippen LogP contribution is 2.26. The summed E-state index contributed by atoms with van der Waals surface area (Å²) in [5.41, 5.74) is 3.04. The van der Waals surface area contributed by atoms with Gasteiger partial charge < -0.3 is 5.11 Å². The van der Waals surface area contributed by atoms with Crippen LogP contribution in [-0.2, 0) is 6.42 Å². The van der Waals surface area contributed by atoms with Gasteiger partial charge in [-0.3, -0.25) is 9.89 Å². The maximum absolute atomic E-state index is 12.4. The molecule has 0 bridgehead atoms. The third-order valence-corrected chi connectivity index (χ3v) is 3.77. The molecular weight excluding hydrogens is 290 g/mol. The van der Waals surface area contributed by atoms with Crippen LogP contribution in [0.2, 0.25) is 5.02 Å². The molecule has 3 aromatic rings. The highest BCUT2D eigenvalue weighted by Gasteiger charge is 2.13. The van der Waals surface area contributed by atoms with E-state index < -0.39 is 0 Å². The van der Waals surface area contributed by atoms with Crippen LogP contribution in [0.5, 0.6) is 0 Å². The highest BCUT2D eigenvalue weighted by atomic mass is 35.5. The number of H-pyrrole nitrogens is 1. The number of nitrogens with zero attached hydrogens (tertiary/aromatic N) is 2. The zero-order chi connectivity index (χ0) is 15.0. The second kappa shape index (κ2) is 5.35. The van der Waals surface area contributed by atoms with Gasteiger partial charge in [0.25, 0.3) is 5.56 Å². The van der Waals surface area contributed by atoms with Crippen LogP contribution in [0, 0.1) is 6.92 Å². The van der Waals surface area contributed by atoms with Crippen molar-refractivity contribution in [2.24, 2.45) is 0 Å². The summed E-state index contributed by atoms with van der Waals surface area (Å²) in [6, 6.07) is 9.19. The van der Waals surface area contributed by atoms with E-state index in [-0.39, 0.29) is 12.2 Å². The zero-order valence-corrected chi connectivity index (χ0v) is 12.2. The lowest BCUT2D eigenvalue weighted by Crippen LogP contribution is -2.22. The molecule has 2 heterocycles. The minimum absolute atomic E-state index is 0.0814. The first-order valence-corrected chi connectivity index (χ1v) is 6.96. The SMILES string of the molecule is Cc1nc2cc(-c3ccccc3Cl)[nH]n2c(=O)c1CCO. The molecular formula is C15H14ClN3O2. The summed E-state index contributed by atoms with van der Waals surface area (Å²) in [7, 11) is 0. The van der Waals surface area contributed by atoms with Crippen molar-refractivity contribution in [3.8, 4) is 11.3 Å². The number of aliphatic hydroxyl groups excluding tert-OH is 1. The van der Waals surface area contributed by atoms with Gasteiger partial charge in [0.15, 0.2) is 5.65 Å². The van der Waals surface area contributed by atoms with Gasteiger partial charge in [0.05, 0.1) is 5.69 Å². The number of aliphatic hydroxyl groups is 1. The van der Waals surface area contributed by atoms with Gasteiger partial charge in [-0.1, -0.05) is 29.8 Å². The lowest BCUT2D eigenvalue weighted by atomic mass is 10.1. The average Bonchev–Trinajstić information content (AvgIpc) is 2.88. The Kier molecular flexibility index (Phi) is 3.53. The fourth-order valence-corrected chi connectivity index (χ4v) is 2.62. The van der Waals surface area contributed by atoms with Crippen LogP contribution in [0.1, 0.15) is 11.3 Å². The number of benzene rings is 1. The predicted octanol–water partition coefficient (Wildman–Crippen LogP) is 2.19. The first-order chi connectivity index (χ1) is 10.1. The monoisotopic (exact) mass is 303 g/mol. The smallest absolute Gasteiger partial charge is 0.276 e. The number of nitrogens with one attached hydrogen (secondary N) is 1. The molecule has 0 radical (unpaired) electrons. The lowest BCUT2D eigenvalue weighted by molar-refractivity contribution is 0.298. The molecule has 0 fully saturated rings. The molecule has 0 atom stereocenters. The van der Waals surface area contributed by atoms with Crippen molar-refractivity contribution in [1.29, 1.82) is 0 Å². The van der Waals surface area contributed by atoms with Gasteiger partial charge in [-0.05, 0) is 13.0 Å². The van der Waals surface area contributed by atoms with Crippen LogP contribution >= 0.6 is 11.6 Å². The zero-order valence-electron chi connectivity index (χ0n) is 11.4. The number of rotatable bonds is 3. The number of fused-ring (bicyclic) bond motifs is 1. The number of aryl methyl sites for hydroxylation is 1. The Labute approximate surface area is 125 Å². The Morgan fingerprint density at radius 3 is 2.86 bits per heavy atom. The molecule has 0 spiro atoms. The van der Waals surface area contributed by atoms with Crippen LogP contribution in [-0.4, -0.2) is 26.3 Å². The second-order valence-corrected chi connectivity index (χ2v) is 5.20. The van der Waals surface area contributed by atoms with Crippen LogP contribution in [0.4, 0.5) is 0 Å². The molecule has 0 aliphatic carbocycles. The Hall–Kier alpha value is -2.11. The Morgan fingerprint density at radius 1 is 1.38 bits per heavy atom. The fraction of sp³-hybridized carbons (Fsp3) is 0.200. The number of halogens is 1. The minimum Gasteiger partial charge on any atom is -0.396 e. The largest absolute Gasteiger partial charge is 0.396 e. The molecule has 5 nitrogen and oxygen atoms in total. The summed E-state index contributed by atoms with van der Waals surface area (Å²) in [5, 5.41) is 12.7. The van der Waals surface area contributed by atoms with Crippen LogP contribution in [0.3, 0.4) is 0 Å². The van der Waals surface area contributed by atoms with Crippen LogP contribution in [0.25, 0.3) is 16.9 Å². The standard InChI is InChI=1S/C15H14ClN3O2/c1-9-10(6-7-20)15(21)19-14(17-9)8-13(18-19)11-4-2-3-5-12(11)16/h2-5,8,18,20H,6-7H2,1H3. The quantitative estimate of drug-likeness (QED) is 0.779. The Bertz CT molecular complexity index is 867. The number of aromatic nitrogens is 3. The van der Waals surface area contributed by atoms with Gasteiger partial charge in [0.2, 0.25) is 0 Å². The summed E-state index contributed by atoms with van der Waals surface area (Å²) in [6.07, 6.45) is 0.293. The second-order valence-electron chi connectivity index (χ2n) is 4.80. The maximum atomic E-state index is 12.4. The van der Waals surface area contributed by atoms with Gasteiger partial charge in [-0.15, -0.1) is 0 Å². The molecule has 6 heteroatoms. The molecule has 0 amide bonds. The summed E-state index contributed by atoms with van der Waals surface area (Å²) >= 11 is 6.18. The average molecular weight is 304 g/mol. The molecule has 1 aromatic carbocycles. The van der Waals surface area contributed by atoms with Crippen molar-refractivity contribution in [1.82, 2.24) is 14.6 Å². The Morgan fingerprint density at radius 2 is 2.14 bits per heavy atom. The van der Waals surface area contributed by atoms with Gasteiger partial charge >= 0.3 is 0 Å². The molecule has 0 aliphatic heterocycles. The van der Waals surface area contributed by atoms with Crippen molar-refractivity contribution in [2.75, 3.05) is 6.61 Å². The molecule has 0 unspecified atom stereocenters. The normalized spacial score (nSPS) is 11.2. The van der Waals surface area contributed by atoms with Crippen molar-refractivity contribution < 1.29 is 5.11 Å². The maximum Gasteiger partial charge on any atom is 0.276 e. The molecule has 108 valence electrons. The van der Waals surface area contributed by atoms with Gasteiger partial charge in [-0.2, -0.15) is 0 Å². The van der Waals surface area contributed by atoms with E-state index in [2.05, 4.69) is 10.1 Å². The van der Waals surface area contributed by atoms with Crippen molar-refractivity contribution in [3.05, 3.63) is 57.0 Å². The summed E-state index contributed by atoms with van der Waals surface area (Å²) < 4.78 is 1.39. The van der Waals surface area contributed by atoms with Crippen molar-refractivity contribution >= 4 is 17.2 Å². The Balaban J connectivity index is 2.24. The van der Waals surface area contributed by atoms with E-state index in [0.29, 0.717) is 28.3 Å². The van der Waals surface area contributed by atoms with Crippen LogP contribution < -0.4 is 5.56 Å². The third kappa shape index (κ3) is 2.34. The lowest BCUT2D eigenvalue weighted by Gasteiger charge is -2.03. The van der Waals surface area contributed by atoms with Crippen molar-refractivity contribution in [3.63, 3.8) is 0 Å². The molecule has 21 heavy (non-hydrogen) atoms. The molecule has 2 N–H and O–H groups in total. The number of aromatic amines is 1. The van der Waals surface area contributed by atoms with E-state index in [4.69, 9.17) is 16.7 Å².